The largest absolute Gasteiger partial charge is 0.382 e. The van der Waals surface area contributed by atoms with Crippen LogP contribution in [0.2, 0.25) is 0 Å². The molecular formula is C14H11N5. The zero-order chi connectivity index (χ0) is 13.1. The number of pyridine rings is 2. The van der Waals surface area contributed by atoms with Crippen LogP contribution in [0.5, 0.6) is 0 Å². The quantitative estimate of drug-likeness (QED) is 0.753. The van der Waals surface area contributed by atoms with Crippen molar-refractivity contribution in [3.63, 3.8) is 0 Å². The molecule has 3 aromatic rings. The van der Waals surface area contributed by atoms with E-state index >= 15 is 0 Å². The van der Waals surface area contributed by atoms with Crippen LogP contribution in [0.4, 0.5) is 5.82 Å². The molecule has 0 atom stereocenters. The fraction of sp³-hybridized carbons (Fsp3) is 0. The topological polar surface area (TPSA) is 77.6 Å². The molecular weight excluding hydrogens is 238 g/mol. The average Bonchev–Trinajstić information content (AvgIpc) is 2.49. The van der Waals surface area contributed by atoms with Crippen molar-refractivity contribution in [2.45, 2.75) is 0 Å². The summed E-state index contributed by atoms with van der Waals surface area (Å²) in [6, 6.07) is 7.55. The van der Waals surface area contributed by atoms with Crippen molar-refractivity contribution in [3.8, 4) is 22.5 Å². The zero-order valence-corrected chi connectivity index (χ0v) is 10.1. The number of anilines is 1. The molecule has 3 heterocycles. The summed E-state index contributed by atoms with van der Waals surface area (Å²) in [5.41, 5.74) is 9.15. The molecule has 0 bridgehead atoms. The van der Waals surface area contributed by atoms with Crippen molar-refractivity contribution >= 4 is 5.82 Å². The molecule has 0 fully saturated rings. The second kappa shape index (κ2) is 4.81. The lowest BCUT2D eigenvalue weighted by Gasteiger charge is -2.08. The molecule has 3 rings (SSSR count). The van der Waals surface area contributed by atoms with Crippen LogP contribution in [0, 0.1) is 0 Å². The monoisotopic (exact) mass is 249 g/mol. The molecule has 0 aliphatic carbocycles. The van der Waals surface area contributed by atoms with Crippen LogP contribution in [-0.2, 0) is 0 Å². The molecule has 5 nitrogen and oxygen atoms in total. The SMILES string of the molecule is Nc1cnc(-c2ccncc2)c(-c2ccncc2)n1. The number of rotatable bonds is 2. The highest BCUT2D eigenvalue weighted by molar-refractivity contribution is 5.78. The fourth-order valence-corrected chi connectivity index (χ4v) is 1.83. The van der Waals surface area contributed by atoms with Gasteiger partial charge in [-0.05, 0) is 24.3 Å². The zero-order valence-electron chi connectivity index (χ0n) is 10.1. The Balaban J connectivity index is 2.21. The van der Waals surface area contributed by atoms with Crippen molar-refractivity contribution in [1.29, 1.82) is 0 Å². The minimum absolute atomic E-state index is 0.393. The van der Waals surface area contributed by atoms with Gasteiger partial charge in [-0.1, -0.05) is 0 Å². The summed E-state index contributed by atoms with van der Waals surface area (Å²) < 4.78 is 0. The van der Waals surface area contributed by atoms with Crippen molar-refractivity contribution in [3.05, 3.63) is 55.2 Å². The molecule has 3 aromatic heterocycles. The lowest BCUT2D eigenvalue weighted by molar-refractivity contribution is 1.20. The van der Waals surface area contributed by atoms with E-state index in [1.54, 1.807) is 31.0 Å². The van der Waals surface area contributed by atoms with E-state index in [9.17, 15) is 0 Å². The van der Waals surface area contributed by atoms with Gasteiger partial charge in [0.15, 0.2) is 0 Å². The van der Waals surface area contributed by atoms with Crippen LogP contribution < -0.4 is 5.73 Å². The summed E-state index contributed by atoms with van der Waals surface area (Å²) in [6.07, 6.45) is 8.45. The van der Waals surface area contributed by atoms with Crippen LogP contribution in [0.1, 0.15) is 0 Å². The van der Waals surface area contributed by atoms with Crippen LogP contribution in [-0.4, -0.2) is 19.9 Å². The molecule has 5 heteroatoms. The van der Waals surface area contributed by atoms with E-state index in [-0.39, 0.29) is 0 Å². The first-order valence-corrected chi connectivity index (χ1v) is 5.78. The number of aromatic nitrogens is 4. The Hall–Kier alpha value is -2.82. The number of nitrogens with two attached hydrogens (primary N) is 1. The smallest absolute Gasteiger partial charge is 0.142 e. The van der Waals surface area contributed by atoms with Gasteiger partial charge in [0, 0.05) is 35.9 Å². The summed E-state index contributed by atoms with van der Waals surface area (Å²) >= 11 is 0. The molecule has 0 amide bonds. The van der Waals surface area contributed by atoms with Gasteiger partial charge >= 0.3 is 0 Å². The second-order valence-electron chi connectivity index (χ2n) is 3.96. The van der Waals surface area contributed by atoms with Crippen LogP contribution in [0.15, 0.2) is 55.2 Å². The van der Waals surface area contributed by atoms with Crippen molar-refractivity contribution in [2.75, 3.05) is 5.73 Å². The highest BCUT2D eigenvalue weighted by Crippen LogP contribution is 2.28. The predicted octanol–water partition coefficient (Wildman–Crippen LogP) is 2.18. The summed E-state index contributed by atoms with van der Waals surface area (Å²) in [4.78, 5) is 16.8. The number of hydrogen-bond donors (Lipinski definition) is 1. The van der Waals surface area contributed by atoms with Gasteiger partial charge in [0.25, 0.3) is 0 Å². The van der Waals surface area contributed by atoms with Gasteiger partial charge in [-0.2, -0.15) is 0 Å². The third-order valence-corrected chi connectivity index (χ3v) is 2.70. The van der Waals surface area contributed by atoms with Crippen molar-refractivity contribution in [1.82, 2.24) is 19.9 Å². The molecule has 0 spiro atoms. The summed E-state index contributed by atoms with van der Waals surface area (Å²) in [5, 5.41) is 0. The molecule has 0 radical (unpaired) electrons. The van der Waals surface area contributed by atoms with E-state index in [1.165, 1.54) is 0 Å². The van der Waals surface area contributed by atoms with Gasteiger partial charge in [0.2, 0.25) is 0 Å². The van der Waals surface area contributed by atoms with Crippen LogP contribution in [0.3, 0.4) is 0 Å². The Kier molecular flexibility index (Phi) is 2.86. The summed E-state index contributed by atoms with van der Waals surface area (Å²) in [6.45, 7) is 0. The van der Waals surface area contributed by atoms with Gasteiger partial charge < -0.3 is 5.73 Å². The standard InChI is InChI=1S/C14H11N5/c15-12-9-18-13(10-1-5-16-6-2-10)14(19-12)11-3-7-17-8-4-11/h1-9H,(H2,15,19). The molecule has 0 unspecified atom stereocenters. The minimum Gasteiger partial charge on any atom is -0.382 e. The Bertz CT molecular complexity index is 683. The first-order chi connectivity index (χ1) is 9.34. The first-order valence-electron chi connectivity index (χ1n) is 5.78. The van der Waals surface area contributed by atoms with E-state index in [0.717, 1.165) is 22.5 Å². The van der Waals surface area contributed by atoms with E-state index in [4.69, 9.17) is 5.73 Å². The Morgan fingerprint density at radius 1 is 0.737 bits per heavy atom. The van der Waals surface area contributed by atoms with Crippen molar-refractivity contribution < 1.29 is 0 Å². The highest BCUT2D eigenvalue weighted by Gasteiger charge is 2.11. The van der Waals surface area contributed by atoms with E-state index in [1.807, 2.05) is 24.3 Å². The maximum Gasteiger partial charge on any atom is 0.142 e. The molecule has 92 valence electrons. The number of hydrogen-bond acceptors (Lipinski definition) is 5. The molecule has 0 aliphatic heterocycles. The number of nitrogen functional groups attached to an aromatic ring is 1. The third-order valence-electron chi connectivity index (χ3n) is 2.70. The molecule has 19 heavy (non-hydrogen) atoms. The van der Waals surface area contributed by atoms with Crippen LogP contribution >= 0.6 is 0 Å². The van der Waals surface area contributed by atoms with Gasteiger partial charge in [-0.25, -0.2) is 4.98 Å². The Morgan fingerprint density at radius 3 is 1.84 bits per heavy atom. The maximum atomic E-state index is 5.74. The van der Waals surface area contributed by atoms with E-state index in [0.29, 0.717) is 5.82 Å². The van der Waals surface area contributed by atoms with Crippen LogP contribution in [0.25, 0.3) is 22.5 Å². The normalized spacial score (nSPS) is 10.3. The van der Waals surface area contributed by atoms with E-state index in [2.05, 4.69) is 19.9 Å². The van der Waals surface area contributed by atoms with Gasteiger partial charge in [0.1, 0.15) is 5.82 Å². The predicted molar refractivity (Wildman–Crippen MR) is 72.9 cm³/mol. The van der Waals surface area contributed by atoms with Gasteiger partial charge in [0.05, 0.1) is 17.6 Å². The fourth-order valence-electron chi connectivity index (χ4n) is 1.83. The molecule has 0 saturated heterocycles. The first kappa shape index (κ1) is 11.3. The Labute approximate surface area is 110 Å². The van der Waals surface area contributed by atoms with E-state index < -0.39 is 0 Å². The number of nitrogens with zero attached hydrogens (tertiary/aromatic N) is 4. The highest BCUT2D eigenvalue weighted by atomic mass is 14.9. The average molecular weight is 249 g/mol. The molecule has 2 N–H and O–H groups in total. The summed E-state index contributed by atoms with van der Waals surface area (Å²) in [5.74, 6) is 0.393. The minimum atomic E-state index is 0.393. The molecule has 0 saturated carbocycles. The van der Waals surface area contributed by atoms with Gasteiger partial charge in [-0.3, -0.25) is 15.0 Å². The lowest BCUT2D eigenvalue weighted by Crippen LogP contribution is -1.98. The maximum absolute atomic E-state index is 5.74. The van der Waals surface area contributed by atoms with Gasteiger partial charge in [-0.15, -0.1) is 0 Å². The second-order valence-corrected chi connectivity index (χ2v) is 3.96. The summed E-state index contributed by atoms with van der Waals surface area (Å²) in [7, 11) is 0. The third kappa shape index (κ3) is 2.26. The lowest BCUT2D eigenvalue weighted by atomic mass is 10.1. The molecule has 0 aromatic carbocycles. The molecule has 0 aliphatic rings. The Morgan fingerprint density at radius 2 is 1.26 bits per heavy atom. The van der Waals surface area contributed by atoms with Crippen molar-refractivity contribution in [2.24, 2.45) is 0 Å².